The van der Waals surface area contributed by atoms with Gasteiger partial charge in [-0.2, -0.15) is 0 Å². The fraction of sp³-hybridized carbons (Fsp3) is 0.667. The highest BCUT2D eigenvalue weighted by atomic mass is 16.4. The molecule has 1 amide bonds. The molecule has 6 atom stereocenters. The highest BCUT2D eigenvalue weighted by molar-refractivity contribution is 5.76. The zero-order valence-corrected chi connectivity index (χ0v) is 16.4. The van der Waals surface area contributed by atoms with E-state index in [1.807, 2.05) is 30.3 Å². The Morgan fingerprint density at radius 3 is 1.93 bits per heavy atom. The minimum absolute atomic E-state index is 0.128. The molecule has 158 valence electrons. The van der Waals surface area contributed by atoms with Gasteiger partial charge in [0.15, 0.2) is 0 Å². The quantitative estimate of drug-likeness (QED) is 0.390. The zero-order chi connectivity index (χ0) is 20.7. The maximum Gasteiger partial charge on any atom is 0.223 e. The van der Waals surface area contributed by atoms with Crippen molar-refractivity contribution in [3.63, 3.8) is 0 Å². The fourth-order valence-corrected chi connectivity index (χ4v) is 3.74. The van der Waals surface area contributed by atoms with Crippen molar-refractivity contribution in [2.75, 3.05) is 0 Å². The summed E-state index contributed by atoms with van der Waals surface area (Å²) in [6.07, 6.45) is -3.01. The van der Waals surface area contributed by atoms with Gasteiger partial charge in [0.2, 0.25) is 5.91 Å². The summed E-state index contributed by atoms with van der Waals surface area (Å²) in [6.45, 7) is 2.24. The summed E-state index contributed by atoms with van der Waals surface area (Å²) in [5, 5.41) is 50.9. The molecule has 0 radical (unpaired) electrons. The Morgan fingerprint density at radius 2 is 1.36 bits per heavy atom. The lowest BCUT2D eigenvalue weighted by Gasteiger charge is -2.46. The van der Waals surface area contributed by atoms with Crippen LogP contribution in [0.25, 0.3) is 0 Å². The van der Waals surface area contributed by atoms with Gasteiger partial charge in [-0.15, -0.1) is 0 Å². The third kappa shape index (κ3) is 5.52. The van der Waals surface area contributed by atoms with Crippen molar-refractivity contribution < 1.29 is 30.3 Å². The van der Waals surface area contributed by atoms with Gasteiger partial charge in [0.25, 0.3) is 0 Å². The molecule has 1 aliphatic rings. The molecule has 1 aromatic carbocycles. The molecule has 0 heterocycles. The molecule has 1 aliphatic carbocycles. The van der Waals surface area contributed by atoms with Crippen molar-refractivity contribution in [2.45, 2.75) is 88.6 Å². The maximum atomic E-state index is 12.9. The van der Waals surface area contributed by atoms with Crippen LogP contribution in [0.1, 0.15) is 51.0 Å². The first kappa shape index (κ1) is 22.8. The van der Waals surface area contributed by atoms with Gasteiger partial charge >= 0.3 is 0 Å². The summed E-state index contributed by atoms with van der Waals surface area (Å²) in [7, 11) is 0. The van der Waals surface area contributed by atoms with Crippen molar-refractivity contribution >= 4 is 5.91 Å². The molecule has 0 spiro atoms. The first-order valence-electron chi connectivity index (χ1n) is 10.1. The van der Waals surface area contributed by atoms with E-state index in [1.54, 1.807) is 0 Å². The topological polar surface area (TPSA) is 121 Å². The van der Waals surface area contributed by atoms with Crippen LogP contribution in [0.5, 0.6) is 0 Å². The molecule has 0 saturated heterocycles. The third-order valence-electron chi connectivity index (χ3n) is 5.47. The average Bonchev–Trinajstić information content (AvgIpc) is 2.70. The highest BCUT2D eigenvalue weighted by Gasteiger charge is 2.51. The number of amides is 1. The molecule has 0 aromatic heterocycles. The van der Waals surface area contributed by atoms with Crippen LogP contribution in [-0.2, 0) is 11.3 Å². The predicted octanol–water partition coefficient (Wildman–Crippen LogP) is 0.562. The Labute approximate surface area is 166 Å². The normalized spacial score (nSPS) is 30.2. The lowest BCUT2D eigenvalue weighted by atomic mass is 9.82. The maximum absolute atomic E-state index is 12.9. The molecule has 5 N–H and O–H groups in total. The summed E-state index contributed by atoms with van der Waals surface area (Å²) in [5.41, 5.74) is 0.802. The van der Waals surface area contributed by atoms with E-state index in [0.717, 1.165) is 31.2 Å². The molecule has 1 saturated carbocycles. The number of nitrogens with zero attached hydrogens (tertiary/aromatic N) is 1. The smallest absolute Gasteiger partial charge is 0.223 e. The molecule has 2 rings (SSSR count). The Hall–Kier alpha value is -1.51. The first-order chi connectivity index (χ1) is 13.4. The van der Waals surface area contributed by atoms with Crippen LogP contribution in [0.4, 0.5) is 0 Å². The monoisotopic (exact) mass is 395 g/mol. The van der Waals surface area contributed by atoms with Crippen LogP contribution in [-0.4, -0.2) is 72.9 Å². The number of aliphatic hydroxyl groups excluding tert-OH is 5. The van der Waals surface area contributed by atoms with Crippen LogP contribution >= 0.6 is 0 Å². The van der Waals surface area contributed by atoms with E-state index >= 15 is 0 Å². The van der Waals surface area contributed by atoms with Crippen molar-refractivity contribution in [1.82, 2.24) is 4.90 Å². The van der Waals surface area contributed by atoms with E-state index in [9.17, 15) is 30.3 Å². The Morgan fingerprint density at radius 1 is 0.821 bits per heavy atom. The summed E-state index contributed by atoms with van der Waals surface area (Å²) in [5.74, 6) is -0.265. The van der Waals surface area contributed by atoms with Gasteiger partial charge in [0.05, 0.1) is 6.04 Å². The lowest BCUT2D eigenvalue weighted by molar-refractivity contribution is -0.211. The molecular weight excluding hydrogens is 362 g/mol. The van der Waals surface area contributed by atoms with Crippen molar-refractivity contribution in [1.29, 1.82) is 0 Å². The van der Waals surface area contributed by atoms with Crippen molar-refractivity contribution in [2.24, 2.45) is 0 Å². The van der Waals surface area contributed by atoms with E-state index < -0.39 is 36.6 Å². The summed E-state index contributed by atoms with van der Waals surface area (Å²) in [4.78, 5) is 14.3. The molecule has 1 aromatic rings. The second-order valence-corrected chi connectivity index (χ2v) is 7.62. The molecule has 1 fully saturated rings. The summed E-state index contributed by atoms with van der Waals surface area (Å²) >= 11 is 0. The molecule has 0 bridgehead atoms. The number of carbonyl (C=O) groups is 1. The lowest BCUT2D eigenvalue weighted by Crippen LogP contribution is -2.68. The van der Waals surface area contributed by atoms with Crippen LogP contribution in [0.2, 0.25) is 0 Å². The van der Waals surface area contributed by atoms with Gasteiger partial charge in [-0.1, -0.05) is 62.9 Å². The number of rotatable bonds is 9. The number of benzene rings is 1. The number of hydrogen-bond acceptors (Lipinski definition) is 6. The summed E-state index contributed by atoms with van der Waals surface area (Å²) < 4.78 is 0. The molecular formula is C21H33NO6. The largest absolute Gasteiger partial charge is 0.388 e. The van der Waals surface area contributed by atoms with Gasteiger partial charge in [-0.05, 0) is 12.0 Å². The van der Waals surface area contributed by atoms with Gasteiger partial charge in [-0.25, -0.2) is 0 Å². The third-order valence-corrected chi connectivity index (χ3v) is 5.47. The van der Waals surface area contributed by atoms with E-state index in [2.05, 4.69) is 6.92 Å². The fourth-order valence-electron chi connectivity index (χ4n) is 3.74. The van der Waals surface area contributed by atoms with Crippen LogP contribution in [0.15, 0.2) is 30.3 Å². The second kappa shape index (κ2) is 10.9. The second-order valence-electron chi connectivity index (χ2n) is 7.62. The van der Waals surface area contributed by atoms with E-state index in [4.69, 9.17) is 0 Å². The standard InChI is InChI=1S/C21H33NO6/c1-2-3-4-5-9-12-15(23)22(13-14-10-7-6-8-11-14)16-17(24)19(26)21(28)20(27)18(16)25/h6-8,10-11,16-21,24-28H,2-5,9,12-13H2,1H3/t16?,17-,18+,19+,20-,21?. The minimum Gasteiger partial charge on any atom is -0.388 e. The zero-order valence-electron chi connectivity index (χ0n) is 16.4. The number of unbranched alkanes of at least 4 members (excludes halogenated alkanes) is 4. The highest BCUT2D eigenvalue weighted by Crippen LogP contribution is 2.28. The van der Waals surface area contributed by atoms with Gasteiger partial charge in [-0.3, -0.25) is 4.79 Å². The number of hydrogen-bond donors (Lipinski definition) is 5. The van der Waals surface area contributed by atoms with Gasteiger partial charge in [0.1, 0.15) is 30.5 Å². The van der Waals surface area contributed by atoms with Crippen LogP contribution in [0.3, 0.4) is 0 Å². The molecule has 0 aliphatic heterocycles. The minimum atomic E-state index is -1.68. The average molecular weight is 395 g/mol. The Kier molecular flexibility index (Phi) is 8.85. The van der Waals surface area contributed by atoms with Gasteiger partial charge < -0.3 is 30.4 Å². The van der Waals surface area contributed by atoms with E-state index in [1.165, 1.54) is 4.90 Å². The Bertz CT molecular complexity index is 582. The van der Waals surface area contributed by atoms with E-state index in [-0.39, 0.29) is 18.9 Å². The first-order valence-corrected chi connectivity index (χ1v) is 10.1. The molecule has 28 heavy (non-hydrogen) atoms. The summed E-state index contributed by atoms with van der Waals surface area (Å²) in [6, 6.07) is 7.93. The van der Waals surface area contributed by atoms with Crippen LogP contribution < -0.4 is 0 Å². The van der Waals surface area contributed by atoms with Crippen molar-refractivity contribution in [3.05, 3.63) is 35.9 Å². The SMILES string of the molecule is CCCCCCCC(=O)N(Cc1ccccc1)C1[C@@H](O)[C@H](O)C(O)[C@H](O)[C@H]1O. The van der Waals surface area contributed by atoms with Crippen LogP contribution in [0, 0.1) is 0 Å². The number of carbonyl (C=O) groups excluding carboxylic acids is 1. The van der Waals surface area contributed by atoms with Gasteiger partial charge in [0, 0.05) is 13.0 Å². The van der Waals surface area contributed by atoms with Crippen molar-refractivity contribution in [3.8, 4) is 0 Å². The predicted molar refractivity (Wildman–Crippen MR) is 104 cm³/mol. The molecule has 7 nitrogen and oxygen atoms in total. The van der Waals surface area contributed by atoms with E-state index in [0.29, 0.717) is 6.42 Å². The number of aliphatic hydroxyl groups is 5. The molecule has 7 heteroatoms. The molecule has 2 unspecified atom stereocenters. The Balaban J connectivity index is 2.18.